The first-order valence-electron chi connectivity index (χ1n) is 4.87. The molecule has 0 spiro atoms. The molecule has 0 aliphatic rings. The van der Waals surface area contributed by atoms with E-state index in [1.807, 2.05) is 6.92 Å². The maximum atomic E-state index is 11.9. The summed E-state index contributed by atoms with van der Waals surface area (Å²) in [5.41, 5.74) is 0.558. The predicted molar refractivity (Wildman–Crippen MR) is 71.2 cm³/mol. The average molecular weight is 285 g/mol. The van der Waals surface area contributed by atoms with Crippen molar-refractivity contribution in [3.8, 4) is 0 Å². The van der Waals surface area contributed by atoms with Crippen LogP contribution in [0.15, 0.2) is 28.6 Å². The molecule has 0 bridgehead atoms. The fourth-order valence-corrected chi connectivity index (χ4v) is 3.17. The molecule has 1 aromatic carbocycles. The van der Waals surface area contributed by atoms with Gasteiger partial charge in [-0.1, -0.05) is 46.8 Å². The number of aromatic nitrogens is 2. The Labute approximate surface area is 112 Å². The third-order valence-corrected chi connectivity index (χ3v) is 4.31. The van der Waals surface area contributed by atoms with Crippen molar-refractivity contribution in [3.63, 3.8) is 0 Å². The molecule has 0 N–H and O–H groups in total. The molecule has 2 aromatic rings. The van der Waals surface area contributed by atoms with Gasteiger partial charge in [-0.3, -0.25) is 4.79 Å². The summed E-state index contributed by atoms with van der Waals surface area (Å²) in [5.74, 6) is 0.340. The van der Waals surface area contributed by atoms with E-state index >= 15 is 0 Å². The molecule has 2 rings (SSSR count). The van der Waals surface area contributed by atoms with Crippen molar-refractivity contribution in [1.82, 2.24) is 10.2 Å². The van der Waals surface area contributed by atoms with E-state index < -0.39 is 0 Å². The molecule has 6 heteroatoms. The quantitative estimate of drug-likeness (QED) is 0.637. The largest absolute Gasteiger partial charge is 0.293 e. The average Bonchev–Trinajstić information content (AvgIpc) is 2.73. The zero-order valence-corrected chi connectivity index (χ0v) is 11.4. The Balaban J connectivity index is 2.01. The summed E-state index contributed by atoms with van der Waals surface area (Å²) in [6.07, 6.45) is 0. The van der Waals surface area contributed by atoms with Crippen molar-refractivity contribution in [2.24, 2.45) is 0 Å². The van der Waals surface area contributed by atoms with Crippen LogP contribution in [0, 0.1) is 6.92 Å². The summed E-state index contributed by atoms with van der Waals surface area (Å²) in [4.78, 5) is 11.9. The summed E-state index contributed by atoms with van der Waals surface area (Å²) >= 11 is 8.82. The van der Waals surface area contributed by atoms with Crippen molar-refractivity contribution in [2.45, 2.75) is 11.3 Å². The second-order valence-electron chi connectivity index (χ2n) is 3.28. The number of aryl methyl sites for hydroxylation is 1. The third-order valence-electron chi connectivity index (χ3n) is 2.01. The maximum Gasteiger partial charge on any atom is 0.174 e. The number of hydrogen-bond donors (Lipinski definition) is 0. The highest BCUT2D eigenvalue weighted by Gasteiger charge is 2.11. The molecule has 88 valence electrons. The van der Waals surface area contributed by atoms with Crippen molar-refractivity contribution in [2.75, 3.05) is 5.75 Å². The van der Waals surface area contributed by atoms with Gasteiger partial charge >= 0.3 is 0 Å². The highest BCUT2D eigenvalue weighted by molar-refractivity contribution is 8.01. The molecule has 0 aliphatic heterocycles. The number of rotatable bonds is 4. The van der Waals surface area contributed by atoms with Crippen LogP contribution in [0.2, 0.25) is 5.02 Å². The van der Waals surface area contributed by atoms with Crippen molar-refractivity contribution < 1.29 is 4.79 Å². The van der Waals surface area contributed by atoms with Crippen LogP contribution in [0.5, 0.6) is 0 Å². The molecule has 0 saturated carbocycles. The van der Waals surface area contributed by atoms with Gasteiger partial charge in [-0.25, -0.2) is 0 Å². The monoisotopic (exact) mass is 284 g/mol. The molecule has 17 heavy (non-hydrogen) atoms. The predicted octanol–water partition coefficient (Wildman–Crippen LogP) is 3.47. The van der Waals surface area contributed by atoms with E-state index in [1.54, 1.807) is 24.3 Å². The van der Waals surface area contributed by atoms with Gasteiger partial charge in [0, 0.05) is 5.56 Å². The third kappa shape index (κ3) is 3.28. The van der Waals surface area contributed by atoms with E-state index in [4.69, 9.17) is 11.6 Å². The SMILES string of the molecule is Cc1nnc(SCC(=O)c2ccccc2Cl)s1. The van der Waals surface area contributed by atoms with Gasteiger partial charge in [-0.05, 0) is 19.1 Å². The Morgan fingerprint density at radius 1 is 1.41 bits per heavy atom. The van der Waals surface area contributed by atoms with Gasteiger partial charge in [0.1, 0.15) is 5.01 Å². The minimum Gasteiger partial charge on any atom is -0.293 e. The van der Waals surface area contributed by atoms with Gasteiger partial charge in [0.2, 0.25) is 0 Å². The van der Waals surface area contributed by atoms with Crippen LogP contribution in [0.4, 0.5) is 0 Å². The van der Waals surface area contributed by atoms with Crippen LogP contribution in [-0.2, 0) is 0 Å². The van der Waals surface area contributed by atoms with Gasteiger partial charge in [0.05, 0.1) is 10.8 Å². The fourth-order valence-electron chi connectivity index (χ4n) is 1.23. The number of thioether (sulfide) groups is 1. The Morgan fingerprint density at radius 2 is 2.18 bits per heavy atom. The Kier molecular flexibility index (Phi) is 4.15. The number of carbonyl (C=O) groups is 1. The van der Waals surface area contributed by atoms with Crippen LogP contribution < -0.4 is 0 Å². The molecule has 0 amide bonds. The number of ketones is 1. The number of nitrogens with zero attached hydrogens (tertiary/aromatic N) is 2. The summed E-state index contributed by atoms with van der Waals surface area (Å²) in [5, 5.41) is 9.24. The van der Waals surface area contributed by atoms with Crippen LogP contribution in [-0.4, -0.2) is 21.7 Å². The van der Waals surface area contributed by atoms with Gasteiger partial charge in [0.15, 0.2) is 10.1 Å². The van der Waals surface area contributed by atoms with E-state index in [0.717, 1.165) is 9.35 Å². The lowest BCUT2D eigenvalue weighted by Crippen LogP contribution is -2.02. The lowest BCUT2D eigenvalue weighted by Gasteiger charge is -2.01. The standard InChI is InChI=1S/C11H9ClN2OS2/c1-7-13-14-11(17-7)16-6-10(15)8-4-2-3-5-9(8)12/h2-5H,6H2,1H3. The van der Waals surface area contributed by atoms with Gasteiger partial charge in [-0.15, -0.1) is 10.2 Å². The van der Waals surface area contributed by atoms with Crippen LogP contribution in [0.1, 0.15) is 15.4 Å². The second kappa shape index (κ2) is 5.62. The number of hydrogen-bond acceptors (Lipinski definition) is 5. The Bertz CT molecular complexity index is 542. The number of benzene rings is 1. The first-order valence-corrected chi connectivity index (χ1v) is 7.05. The molecule has 0 atom stereocenters. The molecule has 0 radical (unpaired) electrons. The second-order valence-corrected chi connectivity index (χ2v) is 6.09. The molecule has 1 aromatic heterocycles. The highest BCUT2D eigenvalue weighted by Crippen LogP contribution is 2.24. The van der Waals surface area contributed by atoms with E-state index in [2.05, 4.69) is 10.2 Å². The maximum absolute atomic E-state index is 11.9. The molecule has 0 unspecified atom stereocenters. The van der Waals surface area contributed by atoms with E-state index in [0.29, 0.717) is 16.3 Å². The minimum atomic E-state index is 0.00783. The van der Waals surface area contributed by atoms with Gasteiger partial charge < -0.3 is 0 Å². The first-order chi connectivity index (χ1) is 8.16. The topological polar surface area (TPSA) is 42.9 Å². The van der Waals surface area contributed by atoms with Crippen LogP contribution >= 0.6 is 34.7 Å². The summed E-state index contributed by atoms with van der Waals surface area (Å²) in [6, 6.07) is 7.06. The molecule has 1 heterocycles. The van der Waals surface area contributed by atoms with Gasteiger partial charge in [-0.2, -0.15) is 0 Å². The number of carbonyl (C=O) groups excluding carboxylic acids is 1. The highest BCUT2D eigenvalue weighted by atomic mass is 35.5. The van der Waals surface area contributed by atoms with Crippen molar-refractivity contribution in [3.05, 3.63) is 39.9 Å². The van der Waals surface area contributed by atoms with E-state index in [1.165, 1.54) is 23.1 Å². The molecule has 0 aliphatic carbocycles. The number of halogens is 1. The summed E-state index contributed by atoms with van der Waals surface area (Å²) < 4.78 is 0.808. The smallest absolute Gasteiger partial charge is 0.174 e. The zero-order valence-electron chi connectivity index (χ0n) is 9.01. The number of Topliss-reactive ketones (excluding diaryl/α,β-unsaturated/α-hetero) is 1. The van der Waals surface area contributed by atoms with Crippen molar-refractivity contribution in [1.29, 1.82) is 0 Å². The minimum absolute atomic E-state index is 0.00783. The lowest BCUT2D eigenvalue weighted by molar-refractivity contribution is 0.102. The van der Waals surface area contributed by atoms with E-state index in [9.17, 15) is 4.79 Å². The lowest BCUT2D eigenvalue weighted by atomic mass is 10.1. The fraction of sp³-hybridized carbons (Fsp3) is 0.182. The molecule has 3 nitrogen and oxygen atoms in total. The Morgan fingerprint density at radius 3 is 2.82 bits per heavy atom. The molecule has 0 saturated heterocycles. The zero-order chi connectivity index (χ0) is 12.3. The molecule has 0 fully saturated rings. The van der Waals surface area contributed by atoms with Crippen molar-refractivity contribution >= 4 is 40.5 Å². The first kappa shape index (κ1) is 12.5. The molecular formula is C11H9ClN2OS2. The normalized spacial score (nSPS) is 10.5. The van der Waals surface area contributed by atoms with Crippen LogP contribution in [0.25, 0.3) is 0 Å². The van der Waals surface area contributed by atoms with E-state index in [-0.39, 0.29) is 5.78 Å². The Hall–Kier alpha value is -0.910. The molecular weight excluding hydrogens is 276 g/mol. The summed E-state index contributed by atoms with van der Waals surface area (Å²) in [6.45, 7) is 1.89. The summed E-state index contributed by atoms with van der Waals surface area (Å²) in [7, 11) is 0. The van der Waals surface area contributed by atoms with Crippen LogP contribution in [0.3, 0.4) is 0 Å². The van der Waals surface area contributed by atoms with Gasteiger partial charge in [0.25, 0.3) is 0 Å².